The standard InChI is InChI=1S/C11H9ClFNO3S/c12-10-2-1-9(13)5-11(10)18(15,16)14-6-8-3-4-17-7-8/h1-5,7,14H,6H2. The number of furan rings is 1. The van der Waals surface area contributed by atoms with E-state index in [9.17, 15) is 12.8 Å². The average molecular weight is 290 g/mol. The lowest BCUT2D eigenvalue weighted by Gasteiger charge is -2.07. The topological polar surface area (TPSA) is 59.3 Å². The summed E-state index contributed by atoms with van der Waals surface area (Å²) in [6.45, 7) is 0.0473. The maximum atomic E-state index is 13.0. The van der Waals surface area contributed by atoms with Crippen molar-refractivity contribution in [1.29, 1.82) is 0 Å². The number of benzene rings is 1. The van der Waals surface area contributed by atoms with Crippen molar-refractivity contribution in [3.63, 3.8) is 0 Å². The van der Waals surface area contributed by atoms with E-state index in [1.807, 2.05) is 0 Å². The van der Waals surface area contributed by atoms with Gasteiger partial charge in [-0.05, 0) is 24.3 Å². The van der Waals surface area contributed by atoms with Crippen molar-refractivity contribution in [3.05, 3.63) is 53.2 Å². The van der Waals surface area contributed by atoms with Crippen molar-refractivity contribution in [2.24, 2.45) is 0 Å². The molecule has 0 aliphatic heterocycles. The van der Waals surface area contributed by atoms with E-state index in [0.717, 1.165) is 12.1 Å². The fraction of sp³-hybridized carbons (Fsp3) is 0.0909. The Kier molecular flexibility index (Phi) is 3.70. The summed E-state index contributed by atoms with van der Waals surface area (Å²) in [6.07, 6.45) is 2.84. The third-order valence-corrected chi connectivity index (χ3v) is 4.11. The summed E-state index contributed by atoms with van der Waals surface area (Å²) >= 11 is 5.74. The minimum absolute atomic E-state index is 0.0314. The van der Waals surface area contributed by atoms with Gasteiger partial charge in [0.25, 0.3) is 0 Å². The fourth-order valence-corrected chi connectivity index (χ4v) is 2.86. The van der Waals surface area contributed by atoms with Gasteiger partial charge in [-0.3, -0.25) is 0 Å². The van der Waals surface area contributed by atoms with E-state index < -0.39 is 15.8 Å². The number of halogens is 2. The molecule has 18 heavy (non-hydrogen) atoms. The molecule has 0 spiro atoms. The molecule has 0 saturated heterocycles. The van der Waals surface area contributed by atoms with Crippen molar-refractivity contribution in [2.75, 3.05) is 0 Å². The molecule has 7 heteroatoms. The summed E-state index contributed by atoms with van der Waals surface area (Å²) in [4.78, 5) is -0.285. The van der Waals surface area contributed by atoms with E-state index in [2.05, 4.69) is 4.72 Å². The van der Waals surface area contributed by atoms with Crippen LogP contribution in [0.5, 0.6) is 0 Å². The van der Waals surface area contributed by atoms with E-state index in [1.54, 1.807) is 6.07 Å². The van der Waals surface area contributed by atoms with Crippen molar-refractivity contribution in [2.45, 2.75) is 11.4 Å². The first-order valence-electron chi connectivity index (χ1n) is 4.95. The van der Waals surface area contributed by atoms with E-state index in [4.69, 9.17) is 16.0 Å². The highest BCUT2D eigenvalue weighted by molar-refractivity contribution is 7.89. The molecule has 0 aliphatic rings. The van der Waals surface area contributed by atoms with Gasteiger partial charge in [0.2, 0.25) is 10.0 Å². The molecule has 96 valence electrons. The lowest BCUT2D eigenvalue weighted by molar-refractivity contribution is 0.560. The van der Waals surface area contributed by atoms with Crippen molar-refractivity contribution in [3.8, 4) is 0 Å². The summed E-state index contributed by atoms with van der Waals surface area (Å²) in [6, 6.07) is 4.79. The minimum Gasteiger partial charge on any atom is -0.472 e. The molecule has 1 aromatic carbocycles. The van der Waals surface area contributed by atoms with Crippen molar-refractivity contribution >= 4 is 21.6 Å². The molecule has 0 aliphatic carbocycles. The Morgan fingerprint density at radius 3 is 2.78 bits per heavy atom. The Morgan fingerprint density at radius 1 is 1.33 bits per heavy atom. The second kappa shape index (κ2) is 5.09. The fourth-order valence-electron chi connectivity index (χ4n) is 1.33. The molecule has 2 aromatic rings. The SMILES string of the molecule is O=S(=O)(NCc1ccoc1)c1cc(F)ccc1Cl. The maximum Gasteiger partial charge on any atom is 0.242 e. The van der Waals surface area contributed by atoms with Gasteiger partial charge in [0.1, 0.15) is 10.7 Å². The van der Waals surface area contributed by atoms with Crippen LogP contribution in [-0.4, -0.2) is 8.42 Å². The monoisotopic (exact) mass is 289 g/mol. The van der Waals surface area contributed by atoms with E-state index in [0.29, 0.717) is 5.56 Å². The maximum absolute atomic E-state index is 13.0. The van der Waals surface area contributed by atoms with Crippen LogP contribution in [0.25, 0.3) is 0 Å². The smallest absolute Gasteiger partial charge is 0.242 e. The molecule has 0 amide bonds. The number of nitrogens with one attached hydrogen (secondary N) is 1. The van der Waals surface area contributed by atoms with Gasteiger partial charge in [-0.15, -0.1) is 0 Å². The molecule has 4 nitrogen and oxygen atoms in total. The molecule has 0 atom stereocenters. The van der Waals surface area contributed by atoms with Gasteiger partial charge in [0, 0.05) is 12.1 Å². The third-order valence-electron chi connectivity index (χ3n) is 2.23. The molecule has 0 fully saturated rings. The first kappa shape index (κ1) is 13.1. The third kappa shape index (κ3) is 2.90. The van der Waals surface area contributed by atoms with Crippen LogP contribution in [0.15, 0.2) is 46.1 Å². The van der Waals surface area contributed by atoms with Crippen LogP contribution in [0.4, 0.5) is 4.39 Å². The van der Waals surface area contributed by atoms with Crippen LogP contribution in [0.3, 0.4) is 0 Å². The highest BCUT2D eigenvalue weighted by Gasteiger charge is 2.18. The molecule has 1 N–H and O–H groups in total. The van der Waals surface area contributed by atoms with Gasteiger partial charge >= 0.3 is 0 Å². The lowest BCUT2D eigenvalue weighted by Crippen LogP contribution is -2.23. The quantitative estimate of drug-likeness (QED) is 0.941. The van der Waals surface area contributed by atoms with Crippen LogP contribution in [0.2, 0.25) is 5.02 Å². The van der Waals surface area contributed by atoms with Crippen LogP contribution in [-0.2, 0) is 16.6 Å². The lowest BCUT2D eigenvalue weighted by atomic mass is 10.3. The summed E-state index contributed by atoms with van der Waals surface area (Å²) in [5, 5.41) is -0.0314. The molecular weight excluding hydrogens is 281 g/mol. The molecule has 1 aromatic heterocycles. The second-order valence-corrected chi connectivity index (χ2v) is 5.67. The number of hydrogen-bond donors (Lipinski definition) is 1. The Morgan fingerprint density at radius 2 is 2.11 bits per heavy atom. The van der Waals surface area contributed by atoms with Gasteiger partial charge in [0.05, 0.1) is 17.5 Å². The second-order valence-electron chi connectivity index (χ2n) is 3.53. The molecular formula is C11H9ClFNO3S. The summed E-state index contributed by atoms with van der Waals surface area (Å²) < 4.78 is 44.0. The van der Waals surface area contributed by atoms with Gasteiger partial charge < -0.3 is 4.42 Å². The largest absolute Gasteiger partial charge is 0.472 e. The van der Waals surface area contributed by atoms with Gasteiger partial charge in [-0.1, -0.05) is 11.6 Å². The molecule has 0 saturated carbocycles. The Hall–Kier alpha value is -1.37. The summed E-state index contributed by atoms with van der Waals surface area (Å²) in [7, 11) is -3.85. The normalized spacial score (nSPS) is 11.7. The van der Waals surface area contributed by atoms with Crippen LogP contribution >= 0.6 is 11.6 Å². The Bertz CT molecular complexity index is 640. The molecule has 1 heterocycles. The van der Waals surface area contributed by atoms with Crippen molar-refractivity contribution < 1.29 is 17.2 Å². The molecule has 0 bridgehead atoms. The predicted octanol–water partition coefficient (Wildman–Crippen LogP) is 2.55. The minimum atomic E-state index is -3.85. The molecule has 2 rings (SSSR count). The molecule has 0 unspecified atom stereocenters. The number of hydrogen-bond acceptors (Lipinski definition) is 3. The first-order valence-corrected chi connectivity index (χ1v) is 6.81. The first-order chi connectivity index (χ1) is 8.49. The highest BCUT2D eigenvalue weighted by atomic mass is 35.5. The van der Waals surface area contributed by atoms with Crippen LogP contribution in [0.1, 0.15) is 5.56 Å². The van der Waals surface area contributed by atoms with Crippen molar-refractivity contribution in [1.82, 2.24) is 4.72 Å². The van der Waals surface area contributed by atoms with Gasteiger partial charge in [-0.2, -0.15) is 0 Å². The van der Waals surface area contributed by atoms with Crippen LogP contribution < -0.4 is 4.72 Å². The van der Waals surface area contributed by atoms with E-state index >= 15 is 0 Å². The Labute approximate surface area is 108 Å². The predicted molar refractivity (Wildman–Crippen MR) is 64.1 cm³/mol. The Balaban J connectivity index is 2.22. The van der Waals surface area contributed by atoms with Crippen LogP contribution in [0, 0.1) is 5.82 Å². The van der Waals surface area contributed by atoms with E-state index in [-0.39, 0.29) is 16.5 Å². The van der Waals surface area contributed by atoms with E-state index in [1.165, 1.54) is 18.6 Å². The number of sulfonamides is 1. The summed E-state index contributed by atoms with van der Waals surface area (Å²) in [5.41, 5.74) is 0.658. The highest BCUT2D eigenvalue weighted by Crippen LogP contribution is 2.22. The zero-order valence-corrected chi connectivity index (χ0v) is 10.6. The average Bonchev–Trinajstić information content (AvgIpc) is 2.83. The zero-order valence-electron chi connectivity index (χ0n) is 9.06. The zero-order chi connectivity index (χ0) is 13.2. The van der Waals surface area contributed by atoms with Gasteiger partial charge in [0.15, 0.2) is 0 Å². The van der Waals surface area contributed by atoms with Gasteiger partial charge in [-0.25, -0.2) is 17.5 Å². The summed E-state index contributed by atoms with van der Waals surface area (Å²) in [5.74, 6) is -0.664. The molecule has 0 radical (unpaired) electrons. The number of rotatable bonds is 4.